The number of hydrogen-bond donors (Lipinski definition) is 1. The highest BCUT2D eigenvalue weighted by Crippen LogP contribution is 2.29. The molecule has 2 nitrogen and oxygen atoms in total. The third-order valence-corrected chi connectivity index (χ3v) is 5.30. The van der Waals surface area contributed by atoms with Gasteiger partial charge in [0.1, 0.15) is 0 Å². The maximum absolute atomic E-state index is 6.25. The summed E-state index contributed by atoms with van der Waals surface area (Å²) < 4.78 is 0. The fourth-order valence-electron chi connectivity index (χ4n) is 2.97. The third-order valence-electron chi connectivity index (χ3n) is 5.30. The molecule has 2 atom stereocenters. The molecule has 134 valence electrons. The number of hydrogen-bond acceptors (Lipinski definition) is 2. The van der Waals surface area contributed by atoms with E-state index < -0.39 is 0 Å². The molecule has 1 heterocycles. The van der Waals surface area contributed by atoms with E-state index in [1.165, 1.54) is 22.4 Å². The fourth-order valence-corrected chi connectivity index (χ4v) is 2.97. The van der Waals surface area contributed by atoms with E-state index in [1.54, 1.807) is 0 Å². The van der Waals surface area contributed by atoms with E-state index >= 15 is 0 Å². The van der Waals surface area contributed by atoms with Crippen molar-refractivity contribution in [3.63, 3.8) is 0 Å². The van der Waals surface area contributed by atoms with E-state index in [0.717, 1.165) is 30.5 Å². The molecule has 1 aromatic carbocycles. The van der Waals surface area contributed by atoms with Crippen LogP contribution in [0.1, 0.15) is 65.0 Å². The summed E-state index contributed by atoms with van der Waals surface area (Å²) in [6.45, 7) is 10.9. The number of nitrogens with two attached hydrogens (primary N) is 1. The molecule has 1 aliphatic heterocycles. The summed E-state index contributed by atoms with van der Waals surface area (Å²) >= 11 is 0. The van der Waals surface area contributed by atoms with Crippen molar-refractivity contribution >= 4 is 17.0 Å². The van der Waals surface area contributed by atoms with Crippen molar-refractivity contribution in [2.75, 3.05) is 0 Å². The molecule has 0 amide bonds. The van der Waals surface area contributed by atoms with E-state index in [4.69, 9.17) is 10.7 Å². The smallest absolute Gasteiger partial charge is 0.0428 e. The maximum Gasteiger partial charge on any atom is 0.0428 e. The average molecular weight is 337 g/mol. The molecule has 0 aromatic heterocycles. The SMILES string of the molecule is CC/C(C)=C(/N)c1ccc(/C2=C/N=C(C(C)CC)/C=C/CC2C)cc1. The van der Waals surface area contributed by atoms with E-state index in [0.29, 0.717) is 11.8 Å². The zero-order valence-electron chi connectivity index (χ0n) is 16.3. The summed E-state index contributed by atoms with van der Waals surface area (Å²) in [6, 6.07) is 8.62. The summed E-state index contributed by atoms with van der Waals surface area (Å²) in [5.74, 6) is 0.945. The van der Waals surface area contributed by atoms with Crippen LogP contribution in [0.2, 0.25) is 0 Å². The van der Waals surface area contributed by atoms with Crippen molar-refractivity contribution in [2.24, 2.45) is 22.6 Å². The molecule has 0 radical (unpaired) electrons. The normalized spacial score (nSPS) is 25.6. The second kappa shape index (κ2) is 8.84. The number of aliphatic imine (C=N–C) groups is 1. The monoisotopic (exact) mass is 336 g/mol. The third kappa shape index (κ3) is 4.72. The Morgan fingerprint density at radius 2 is 1.92 bits per heavy atom. The van der Waals surface area contributed by atoms with Crippen molar-refractivity contribution in [3.8, 4) is 0 Å². The highest BCUT2D eigenvalue weighted by atomic mass is 14.7. The highest BCUT2D eigenvalue weighted by molar-refractivity contribution is 5.97. The number of nitrogens with zero attached hydrogens (tertiary/aromatic N) is 1. The standard InChI is InChI=1S/C23H32N2/c1-6-16(3)22-10-8-9-18(5)21(15-25-22)19-11-13-20(14-12-19)23(24)17(4)7-2/h8,10-16,18H,6-7,9,24H2,1-5H3/b10-8+,21-15+,23-17+,25-22-. The van der Waals surface area contributed by atoms with Crippen LogP contribution < -0.4 is 5.73 Å². The Hall–Kier alpha value is -2.09. The minimum absolute atomic E-state index is 0.453. The Kier molecular flexibility index (Phi) is 6.81. The highest BCUT2D eigenvalue weighted by Gasteiger charge is 2.14. The van der Waals surface area contributed by atoms with Crippen LogP contribution in [0.4, 0.5) is 0 Å². The summed E-state index contributed by atoms with van der Waals surface area (Å²) in [7, 11) is 0. The van der Waals surface area contributed by atoms with Gasteiger partial charge in [0.2, 0.25) is 0 Å². The Bertz CT molecular complexity index is 702. The molecule has 25 heavy (non-hydrogen) atoms. The van der Waals surface area contributed by atoms with E-state index in [2.05, 4.69) is 77.2 Å². The number of benzene rings is 1. The summed E-state index contributed by atoms with van der Waals surface area (Å²) in [6.07, 6.45) is 9.66. The van der Waals surface area contributed by atoms with Gasteiger partial charge < -0.3 is 5.73 Å². The molecule has 1 aliphatic rings. The largest absolute Gasteiger partial charge is 0.398 e. The summed E-state index contributed by atoms with van der Waals surface area (Å²) in [5.41, 5.74) is 13.2. The molecular weight excluding hydrogens is 304 g/mol. The number of allylic oxidation sites excluding steroid dienone is 4. The molecule has 0 saturated carbocycles. The van der Waals surface area contributed by atoms with Gasteiger partial charge in [-0.15, -0.1) is 0 Å². The minimum atomic E-state index is 0.453. The molecule has 0 bridgehead atoms. The number of rotatable bonds is 5. The van der Waals surface area contributed by atoms with Gasteiger partial charge >= 0.3 is 0 Å². The van der Waals surface area contributed by atoms with Gasteiger partial charge in [-0.3, -0.25) is 4.99 Å². The topological polar surface area (TPSA) is 38.4 Å². The van der Waals surface area contributed by atoms with E-state index in [-0.39, 0.29) is 0 Å². The van der Waals surface area contributed by atoms with Gasteiger partial charge in [-0.25, -0.2) is 0 Å². The zero-order valence-corrected chi connectivity index (χ0v) is 16.3. The molecule has 0 spiro atoms. The molecule has 2 rings (SSSR count). The lowest BCUT2D eigenvalue weighted by Gasteiger charge is -2.18. The molecule has 2 N–H and O–H groups in total. The molecule has 2 heteroatoms. The predicted octanol–water partition coefficient (Wildman–Crippen LogP) is 6.21. The minimum Gasteiger partial charge on any atom is -0.398 e. The van der Waals surface area contributed by atoms with Crippen molar-refractivity contribution < 1.29 is 0 Å². The van der Waals surface area contributed by atoms with Crippen LogP contribution in [0.3, 0.4) is 0 Å². The van der Waals surface area contributed by atoms with Crippen LogP contribution in [-0.2, 0) is 0 Å². The first-order valence-electron chi connectivity index (χ1n) is 9.48. The van der Waals surface area contributed by atoms with Crippen molar-refractivity contribution in [1.29, 1.82) is 0 Å². The Morgan fingerprint density at radius 3 is 2.52 bits per heavy atom. The summed E-state index contributed by atoms with van der Waals surface area (Å²) in [5, 5.41) is 0. The first-order valence-corrected chi connectivity index (χ1v) is 9.48. The van der Waals surface area contributed by atoms with Gasteiger partial charge in [-0.1, -0.05) is 63.6 Å². The Balaban J connectivity index is 2.35. The second-order valence-corrected chi connectivity index (χ2v) is 7.11. The first-order chi connectivity index (χ1) is 12.0. The Morgan fingerprint density at radius 1 is 1.24 bits per heavy atom. The van der Waals surface area contributed by atoms with Crippen LogP contribution in [0, 0.1) is 11.8 Å². The van der Waals surface area contributed by atoms with Gasteiger partial charge in [0.15, 0.2) is 0 Å². The van der Waals surface area contributed by atoms with Crippen LogP contribution in [0.5, 0.6) is 0 Å². The van der Waals surface area contributed by atoms with Crippen LogP contribution in [-0.4, -0.2) is 5.71 Å². The average Bonchev–Trinajstić information content (AvgIpc) is 2.63. The van der Waals surface area contributed by atoms with Gasteiger partial charge in [0.25, 0.3) is 0 Å². The van der Waals surface area contributed by atoms with Gasteiger partial charge in [0.05, 0.1) is 0 Å². The quantitative estimate of drug-likeness (QED) is 0.682. The summed E-state index contributed by atoms with van der Waals surface area (Å²) in [4.78, 5) is 4.80. The van der Waals surface area contributed by atoms with E-state index in [9.17, 15) is 0 Å². The Labute approximate surface area is 153 Å². The van der Waals surface area contributed by atoms with Crippen molar-refractivity contribution in [2.45, 2.75) is 53.9 Å². The lowest BCUT2D eigenvalue weighted by atomic mass is 9.89. The molecule has 2 unspecified atom stereocenters. The first kappa shape index (κ1) is 19.2. The molecule has 0 fully saturated rings. The lowest BCUT2D eigenvalue weighted by molar-refractivity contribution is 0.734. The van der Waals surface area contributed by atoms with Crippen LogP contribution in [0.15, 0.2) is 53.2 Å². The predicted molar refractivity (Wildman–Crippen MR) is 111 cm³/mol. The van der Waals surface area contributed by atoms with Crippen molar-refractivity contribution in [3.05, 3.63) is 59.3 Å². The van der Waals surface area contributed by atoms with E-state index in [1.807, 2.05) is 0 Å². The van der Waals surface area contributed by atoms with Gasteiger partial charge in [-0.2, -0.15) is 0 Å². The van der Waals surface area contributed by atoms with Crippen molar-refractivity contribution in [1.82, 2.24) is 0 Å². The van der Waals surface area contributed by atoms with Gasteiger partial charge in [-0.05, 0) is 60.8 Å². The second-order valence-electron chi connectivity index (χ2n) is 7.11. The lowest BCUT2D eigenvalue weighted by Crippen LogP contribution is -2.09. The molecule has 0 saturated heterocycles. The van der Waals surface area contributed by atoms with Gasteiger partial charge in [0, 0.05) is 17.6 Å². The maximum atomic E-state index is 6.25. The zero-order chi connectivity index (χ0) is 18.4. The van der Waals surface area contributed by atoms with Crippen LogP contribution >= 0.6 is 0 Å². The molecular formula is C23H32N2. The molecule has 0 aliphatic carbocycles. The fraction of sp³-hybridized carbons (Fsp3) is 0.435. The molecule has 1 aromatic rings. The van der Waals surface area contributed by atoms with Crippen LogP contribution in [0.25, 0.3) is 11.3 Å².